The fourth-order valence-corrected chi connectivity index (χ4v) is 2.25. The first-order valence-electron chi connectivity index (χ1n) is 4.79. The number of anilines is 1. The van der Waals surface area contributed by atoms with E-state index in [0.29, 0.717) is 0 Å². The molecule has 0 saturated heterocycles. The topological polar surface area (TPSA) is 55.1 Å². The molecule has 1 aromatic rings. The molecule has 0 aliphatic heterocycles. The second-order valence-electron chi connectivity index (χ2n) is 3.36. The molecule has 4 heteroatoms. The molecule has 0 radical (unpaired) electrons. The number of carbonyl (C=O) groups is 1. The third-order valence-electron chi connectivity index (χ3n) is 2.20. The van der Waals surface area contributed by atoms with Gasteiger partial charge in [-0.05, 0) is 25.5 Å². The van der Waals surface area contributed by atoms with Crippen molar-refractivity contribution in [1.82, 2.24) is 5.32 Å². The summed E-state index contributed by atoms with van der Waals surface area (Å²) in [6.07, 6.45) is 0. The summed E-state index contributed by atoms with van der Waals surface area (Å²) in [6.45, 7) is 3.83. The molecular formula is C11H16N2OS. The minimum atomic E-state index is -0.126. The summed E-state index contributed by atoms with van der Waals surface area (Å²) in [7, 11) is 1.64. The number of amides is 1. The highest BCUT2D eigenvalue weighted by Crippen LogP contribution is 2.30. The zero-order valence-electron chi connectivity index (χ0n) is 9.20. The minimum Gasteiger partial charge on any atom is -0.398 e. The Kier molecular flexibility index (Phi) is 4.03. The third kappa shape index (κ3) is 2.89. The highest BCUT2D eigenvalue weighted by atomic mass is 32.2. The summed E-state index contributed by atoms with van der Waals surface area (Å²) in [5.41, 5.74) is 7.73. The standard InChI is InChI=1S/C11H16N2OS/c1-7-5-4-6-9(10(7)12)15-8(2)11(14)13-3/h4-6,8H,12H2,1-3H3,(H,13,14). The van der Waals surface area contributed by atoms with Gasteiger partial charge in [-0.15, -0.1) is 11.8 Å². The van der Waals surface area contributed by atoms with Gasteiger partial charge in [0.2, 0.25) is 5.91 Å². The minimum absolute atomic E-state index is 0.0147. The average molecular weight is 224 g/mol. The maximum Gasteiger partial charge on any atom is 0.232 e. The maximum absolute atomic E-state index is 11.3. The SMILES string of the molecule is CNC(=O)C(C)Sc1cccc(C)c1N. The number of hydrogen-bond acceptors (Lipinski definition) is 3. The molecule has 0 aliphatic rings. The predicted molar refractivity (Wildman–Crippen MR) is 65.0 cm³/mol. The molecule has 0 aromatic heterocycles. The molecule has 0 spiro atoms. The van der Waals surface area contributed by atoms with E-state index in [2.05, 4.69) is 5.32 Å². The molecule has 1 rings (SSSR count). The molecule has 15 heavy (non-hydrogen) atoms. The number of hydrogen-bond donors (Lipinski definition) is 2. The van der Waals surface area contributed by atoms with Gasteiger partial charge in [0.25, 0.3) is 0 Å². The molecule has 1 aromatic carbocycles. The Hall–Kier alpha value is -1.16. The smallest absolute Gasteiger partial charge is 0.232 e. The zero-order valence-corrected chi connectivity index (χ0v) is 10.0. The number of benzene rings is 1. The second-order valence-corrected chi connectivity index (χ2v) is 4.74. The fourth-order valence-electron chi connectivity index (χ4n) is 1.20. The lowest BCUT2D eigenvalue weighted by Gasteiger charge is -2.12. The van der Waals surface area contributed by atoms with Gasteiger partial charge in [-0.1, -0.05) is 12.1 Å². The monoisotopic (exact) mass is 224 g/mol. The van der Waals surface area contributed by atoms with E-state index >= 15 is 0 Å². The molecule has 3 N–H and O–H groups in total. The second kappa shape index (κ2) is 5.07. The summed E-state index contributed by atoms with van der Waals surface area (Å²) in [6, 6.07) is 5.85. The number of nitrogens with two attached hydrogens (primary N) is 1. The first kappa shape index (κ1) is 11.9. The van der Waals surface area contributed by atoms with E-state index in [-0.39, 0.29) is 11.2 Å². The predicted octanol–water partition coefficient (Wildman–Crippen LogP) is 1.80. The summed E-state index contributed by atoms with van der Waals surface area (Å²) in [5, 5.41) is 2.49. The van der Waals surface area contributed by atoms with E-state index in [0.717, 1.165) is 16.1 Å². The van der Waals surface area contributed by atoms with Gasteiger partial charge in [-0.25, -0.2) is 0 Å². The van der Waals surface area contributed by atoms with Crippen LogP contribution in [0.15, 0.2) is 23.1 Å². The number of para-hydroxylation sites is 1. The van der Waals surface area contributed by atoms with Gasteiger partial charge < -0.3 is 11.1 Å². The van der Waals surface area contributed by atoms with Crippen molar-refractivity contribution in [2.24, 2.45) is 0 Å². The van der Waals surface area contributed by atoms with Gasteiger partial charge in [-0.3, -0.25) is 4.79 Å². The van der Waals surface area contributed by atoms with Gasteiger partial charge in [0.05, 0.1) is 5.25 Å². The molecule has 1 amide bonds. The van der Waals surface area contributed by atoms with Gasteiger partial charge in [-0.2, -0.15) is 0 Å². The number of aryl methyl sites for hydroxylation is 1. The van der Waals surface area contributed by atoms with Crippen LogP contribution in [0.3, 0.4) is 0 Å². The van der Waals surface area contributed by atoms with Crippen molar-refractivity contribution in [1.29, 1.82) is 0 Å². The lowest BCUT2D eigenvalue weighted by atomic mass is 10.2. The van der Waals surface area contributed by atoms with Crippen molar-refractivity contribution >= 4 is 23.4 Å². The highest BCUT2D eigenvalue weighted by molar-refractivity contribution is 8.00. The Balaban J connectivity index is 2.81. The molecule has 0 aliphatic carbocycles. The number of rotatable bonds is 3. The van der Waals surface area contributed by atoms with E-state index in [9.17, 15) is 4.79 Å². The normalized spacial score (nSPS) is 12.2. The van der Waals surface area contributed by atoms with Crippen molar-refractivity contribution in [2.45, 2.75) is 24.0 Å². The van der Waals surface area contributed by atoms with Crippen LogP contribution >= 0.6 is 11.8 Å². The number of thioether (sulfide) groups is 1. The van der Waals surface area contributed by atoms with E-state index in [1.165, 1.54) is 11.8 Å². The van der Waals surface area contributed by atoms with Crippen LogP contribution in [0.1, 0.15) is 12.5 Å². The van der Waals surface area contributed by atoms with Crippen LogP contribution in [-0.4, -0.2) is 18.2 Å². The van der Waals surface area contributed by atoms with E-state index in [4.69, 9.17) is 5.73 Å². The molecule has 1 unspecified atom stereocenters. The summed E-state index contributed by atoms with van der Waals surface area (Å²) in [5.74, 6) is 0.0147. The van der Waals surface area contributed by atoms with Gasteiger partial charge in [0, 0.05) is 17.6 Å². The number of nitrogens with one attached hydrogen (secondary N) is 1. The maximum atomic E-state index is 11.3. The van der Waals surface area contributed by atoms with Crippen molar-refractivity contribution < 1.29 is 4.79 Å². The molecular weight excluding hydrogens is 208 g/mol. The molecule has 3 nitrogen and oxygen atoms in total. The lowest BCUT2D eigenvalue weighted by Crippen LogP contribution is -2.27. The van der Waals surface area contributed by atoms with Gasteiger partial charge in [0.15, 0.2) is 0 Å². The van der Waals surface area contributed by atoms with Crippen molar-refractivity contribution in [2.75, 3.05) is 12.8 Å². The van der Waals surface area contributed by atoms with Crippen LogP contribution in [0, 0.1) is 6.92 Å². The number of nitrogen functional groups attached to an aromatic ring is 1. The quantitative estimate of drug-likeness (QED) is 0.608. The third-order valence-corrected chi connectivity index (χ3v) is 3.38. The zero-order chi connectivity index (χ0) is 11.4. The first-order valence-corrected chi connectivity index (χ1v) is 5.67. The van der Waals surface area contributed by atoms with Crippen LogP contribution in [0.2, 0.25) is 0 Å². The van der Waals surface area contributed by atoms with Crippen LogP contribution in [0.4, 0.5) is 5.69 Å². The molecule has 1 atom stereocenters. The molecule has 0 bridgehead atoms. The van der Waals surface area contributed by atoms with Crippen molar-refractivity contribution in [3.8, 4) is 0 Å². The number of carbonyl (C=O) groups excluding carboxylic acids is 1. The van der Waals surface area contributed by atoms with Crippen molar-refractivity contribution in [3.63, 3.8) is 0 Å². The van der Waals surface area contributed by atoms with Crippen LogP contribution < -0.4 is 11.1 Å². The molecule has 0 fully saturated rings. The Morgan fingerprint density at radius 1 is 1.53 bits per heavy atom. The molecule has 82 valence electrons. The summed E-state index contributed by atoms with van der Waals surface area (Å²) in [4.78, 5) is 12.3. The Morgan fingerprint density at radius 2 is 2.20 bits per heavy atom. The van der Waals surface area contributed by atoms with E-state index < -0.39 is 0 Å². The fraction of sp³-hybridized carbons (Fsp3) is 0.364. The molecule has 0 saturated carbocycles. The lowest BCUT2D eigenvalue weighted by molar-refractivity contribution is -0.119. The van der Waals surface area contributed by atoms with Gasteiger partial charge >= 0.3 is 0 Å². The van der Waals surface area contributed by atoms with E-state index in [1.807, 2.05) is 32.0 Å². The van der Waals surface area contributed by atoms with Crippen LogP contribution in [0.25, 0.3) is 0 Å². The largest absolute Gasteiger partial charge is 0.398 e. The van der Waals surface area contributed by atoms with Crippen LogP contribution in [0.5, 0.6) is 0 Å². The van der Waals surface area contributed by atoms with E-state index in [1.54, 1.807) is 7.05 Å². The summed E-state index contributed by atoms with van der Waals surface area (Å²) < 4.78 is 0. The average Bonchev–Trinajstić information content (AvgIpc) is 2.23. The van der Waals surface area contributed by atoms with Crippen molar-refractivity contribution in [3.05, 3.63) is 23.8 Å². The Morgan fingerprint density at radius 3 is 2.80 bits per heavy atom. The first-order chi connectivity index (χ1) is 7.06. The summed E-state index contributed by atoms with van der Waals surface area (Å²) >= 11 is 1.48. The van der Waals surface area contributed by atoms with Crippen LogP contribution in [-0.2, 0) is 4.79 Å². The highest BCUT2D eigenvalue weighted by Gasteiger charge is 2.14. The Bertz CT molecular complexity index is 366. The van der Waals surface area contributed by atoms with Gasteiger partial charge in [0.1, 0.15) is 0 Å². The Labute approximate surface area is 94.4 Å². The molecule has 0 heterocycles.